The number of fused-ring (bicyclic) bond motifs is 1. The highest BCUT2D eigenvalue weighted by molar-refractivity contribution is 5.85. The summed E-state index contributed by atoms with van der Waals surface area (Å²) in [4.78, 5) is 4.22. The van der Waals surface area contributed by atoms with Crippen molar-refractivity contribution in [3.05, 3.63) is 65.0 Å². The summed E-state index contributed by atoms with van der Waals surface area (Å²) in [6, 6.07) is 10.9. The second kappa shape index (κ2) is 4.41. The van der Waals surface area contributed by atoms with Gasteiger partial charge in [-0.3, -0.25) is 4.98 Å². The van der Waals surface area contributed by atoms with Crippen LogP contribution in [0.5, 0.6) is 0 Å². The summed E-state index contributed by atoms with van der Waals surface area (Å²) in [5.41, 5.74) is 6.82. The molecular formula is C17H17N. The van der Waals surface area contributed by atoms with Crippen molar-refractivity contribution in [2.24, 2.45) is 5.92 Å². The fourth-order valence-electron chi connectivity index (χ4n) is 2.70. The van der Waals surface area contributed by atoms with E-state index < -0.39 is 0 Å². The number of rotatable bonds is 1. The predicted molar refractivity (Wildman–Crippen MR) is 76.2 cm³/mol. The van der Waals surface area contributed by atoms with E-state index >= 15 is 0 Å². The number of hydrogen-bond donors (Lipinski definition) is 0. The van der Waals surface area contributed by atoms with Gasteiger partial charge in [0.25, 0.3) is 0 Å². The molecule has 1 nitrogen and oxygen atoms in total. The summed E-state index contributed by atoms with van der Waals surface area (Å²) >= 11 is 0. The second-order valence-corrected chi connectivity index (χ2v) is 5.15. The second-order valence-electron chi connectivity index (χ2n) is 5.15. The van der Waals surface area contributed by atoms with Crippen molar-refractivity contribution in [1.29, 1.82) is 0 Å². The minimum Gasteiger partial charge on any atom is -0.264 e. The molecule has 1 atom stereocenters. The van der Waals surface area contributed by atoms with Crippen LogP contribution >= 0.6 is 0 Å². The molecular weight excluding hydrogens is 218 g/mol. The Labute approximate surface area is 108 Å². The van der Waals surface area contributed by atoms with Gasteiger partial charge in [0, 0.05) is 12.4 Å². The van der Waals surface area contributed by atoms with Gasteiger partial charge < -0.3 is 0 Å². The van der Waals surface area contributed by atoms with Crippen molar-refractivity contribution in [3.63, 3.8) is 0 Å². The van der Waals surface area contributed by atoms with Gasteiger partial charge in [-0.25, -0.2) is 0 Å². The Morgan fingerprint density at radius 2 is 2.11 bits per heavy atom. The zero-order valence-electron chi connectivity index (χ0n) is 10.9. The number of pyridine rings is 1. The average Bonchev–Trinajstić information content (AvgIpc) is 2.39. The molecule has 0 bridgehead atoms. The Bertz CT molecular complexity index is 596. The number of allylic oxidation sites excluding steroid dienone is 1. The molecule has 1 aromatic heterocycles. The average molecular weight is 235 g/mol. The fraction of sp³-hybridized carbons (Fsp3) is 0.235. The van der Waals surface area contributed by atoms with Gasteiger partial charge >= 0.3 is 0 Å². The topological polar surface area (TPSA) is 12.9 Å². The third kappa shape index (κ3) is 1.97. The molecule has 0 saturated carbocycles. The molecule has 1 aromatic carbocycles. The SMILES string of the molecule is Cc1ccc2c(c1)CC(C)C(c1cccnc1)=C2. The lowest BCUT2D eigenvalue weighted by Crippen LogP contribution is -2.09. The molecule has 1 aliphatic carbocycles. The highest BCUT2D eigenvalue weighted by Gasteiger charge is 2.18. The third-order valence-electron chi connectivity index (χ3n) is 3.66. The van der Waals surface area contributed by atoms with E-state index in [1.165, 1.54) is 27.8 Å². The minimum atomic E-state index is 0.559. The summed E-state index contributed by atoms with van der Waals surface area (Å²) < 4.78 is 0. The Morgan fingerprint density at radius 3 is 2.89 bits per heavy atom. The first-order valence-corrected chi connectivity index (χ1v) is 6.45. The van der Waals surface area contributed by atoms with Gasteiger partial charge in [-0.2, -0.15) is 0 Å². The lowest BCUT2D eigenvalue weighted by molar-refractivity contribution is 0.736. The van der Waals surface area contributed by atoms with Gasteiger partial charge in [0.2, 0.25) is 0 Å². The van der Waals surface area contributed by atoms with Gasteiger partial charge in [0.1, 0.15) is 0 Å². The maximum Gasteiger partial charge on any atom is 0.0343 e. The Morgan fingerprint density at radius 1 is 1.22 bits per heavy atom. The maximum atomic E-state index is 4.22. The molecule has 0 N–H and O–H groups in total. The van der Waals surface area contributed by atoms with Crippen LogP contribution in [-0.2, 0) is 6.42 Å². The molecule has 0 spiro atoms. The van der Waals surface area contributed by atoms with E-state index in [1.54, 1.807) is 0 Å². The van der Waals surface area contributed by atoms with Gasteiger partial charge in [-0.1, -0.05) is 42.8 Å². The Kier molecular flexibility index (Phi) is 2.75. The molecule has 1 aliphatic rings. The van der Waals surface area contributed by atoms with Gasteiger partial charge in [0.15, 0.2) is 0 Å². The molecule has 0 aliphatic heterocycles. The van der Waals surface area contributed by atoms with Crippen molar-refractivity contribution in [2.75, 3.05) is 0 Å². The summed E-state index contributed by atoms with van der Waals surface area (Å²) in [6.45, 7) is 4.45. The molecule has 18 heavy (non-hydrogen) atoms. The van der Waals surface area contributed by atoms with Gasteiger partial charge in [-0.15, -0.1) is 0 Å². The zero-order valence-corrected chi connectivity index (χ0v) is 10.9. The van der Waals surface area contributed by atoms with Gasteiger partial charge in [0.05, 0.1) is 0 Å². The Hall–Kier alpha value is -1.89. The predicted octanol–water partition coefficient (Wildman–Crippen LogP) is 4.12. The van der Waals surface area contributed by atoms with Crippen molar-refractivity contribution in [1.82, 2.24) is 4.98 Å². The first kappa shape index (κ1) is 11.2. The van der Waals surface area contributed by atoms with E-state index in [4.69, 9.17) is 0 Å². The van der Waals surface area contributed by atoms with Crippen LogP contribution < -0.4 is 0 Å². The highest BCUT2D eigenvalue weighted by Crippen LogP contribution is 2.34. The number of aromatic nitrogens is 1. The van der Waals surface area contributed by atoms with E-state index in [0.29, 0.717) is 5.92 Å². The fourth-order valence-corrected chi connectivity index (χ4v) is 2.70. The van der Waals surface area contributed by atoms with Crippen LogP contribution in [0, 0.1) is 12.8 Å². The number of aryl methyl sites for hydroxylation is 1. The molecule has 0 saturated heterocycles. The molecule has 1 heteroatoms. The molecule has 90 valence electrons. The lowest BCUT2D eigenvalue weighted by Gasteiger charge is -2.23. The van der Waals surface area contributed by atoms with Crippen LogP contribution in [0.1, 0.15) is 29.2 Å². The third-order valence-corrected chi connectivity index (χ3v) is 3.66. The van der Waals surface area contributed by atoms with E-state index in [-0.39, 0.29) is 0 Å². The number of hydrogen-bond acceptors (Lipinski definition) is 1. The van der Waals surface area contributed by atoms with E-state index in [1.807, 2.05) is 18.5 Å². The molecule has 2 aromatic rings. The number of benzene rings is 1. The Balaban J connectivity index is 2.09. The van der Waals surface area contributed by atoms with Crippen molar-refractivity contribution >= 4 is 11.6 Å². The molecule has 3 rings (SSSR count). The smallest absolute Gasteiger partial charge is 0.0343 e. The molecule has 0 amide bonds. The van der Waals surface area contributed by atoms with Crippen LogP contribution in [0.15, 0.2) is 42.7 Å². The number of nitrogens with zero attached hydrogens (tertiary/aromatic N) is 1. The summed E-state index contributed by atoms with van der Waals surface area (Å²) in [7, 11) is 0. The van der Waals surface area contributed by atoms with Crippen molar-refractivity contribution < 1.29 is 0 Å². The van der Waals surface area contributed by atoms with E-state index in [2.05, 4.69) is 49.2 Å². The monoisotopic (exact) mass is 235 g/mol. The first-order chi connectivity index (χ1) is 8.74. The molecule has 0 radical (unpaired) electrons. The quantitative estimate of drug-likeness (QED) is 0.724. The normalized spacial score (nSPS) is 18.1. The maximum absolute atomic E-state index is 4.22. The van der Waals surface area contributed by atoms with E-state index in [0.717, 1.165) is 6.42 Å². The van der Waals surface area contributed by atoms with Crippen molar-refractivity contribution in [3.8, 4) is 0 Å². The largest absolute Gasteiger partial charge is 0.264 e. The summed E-state index contributed by atoms with van der Waals surface area (Å²) in [5, 5.41) is 0. The highest BCUT2D eigenvalue weighted by atomic mass is 14.6. The van der Waals surface area contributed by atoms with Crippen molar-refractivity contribution in [2.45, 2.75) is 20.3 Å². The molecule has 1 heterocycles. The standard InChI is InChI=1S/C17H17N/c1-12-5-6-14-10-17(13(2)9-16(14)8-12)15-4-3-7-18-11-15/h3-8,10-11,13H,9H2,1-2H3. The van der Waals surface area contributed by atoms with Crippen LogP contribution in [0.2, 0.25) is 0 Å². The van der Waals surface area contributed by atoms with E-state index in [9.17, 15) is 0 Å². The van der Waals surface area contributed by atoms with Crippen LogP contribution in [0.25, 0.3) is 11.6 Å². The van der Waals surface area contributed by atoms with Crippen LogP contribution in [0.4, 0.5) is 0 Å². The summed E-state index contributed by atoms with van der Waals surface area (Å²) in [5.74, 6) is 0.559. The minimum absolute atomic E-state index is 0.559. The molecule has 1 unspecified atom stereocenters. The van der Waals surface area contributed by atoms with Gasteiger partial charge in [-0.05, 0) is 47.6 Å². The lowest BCUT2D eigenvalue weighted by atomic mass is 9.81. The van der Waals surface area contributed by atoms with Crippen LogP contribution in [-0.4, -0.2) is 4.98 Å². The zero-order chi connectivity index (χ0) is 12.5. The molecule has 0 fully saturated rings. The summed E-state index contributed by atoms with van der Waals surface area (Å²) in [6.07, 6.45) is 7.23. The van der Waals surface area contributed by atoms with Crippen LogP contribution in [0.3, 0.4) is 0 Å². The first-order valence-electron chi connectivity index (χ1n) is 6.45.